The molecule has 0 atom stereocenters. The standard InChI is InChI=1S/C13H17N3O2S2/c1-7-5-6-11(14)8(2)12(7)20(17,18)16-13-15-9(3)10(4)19-13/h5-6H,14H2,1-4H3,(H,15,16). The highest BCUT2D eigenvalue weighted by Gasteiger charge is 2.22. The number of aryl methyl sites for hydroxylation is 3. The Bertz CT molecular complexity index is 745. The zero-order valence-electron chi connectivity index (χ0n) is 11.8. The smallest absolute Gasteiger partial charge is 0.264 e. The van der Waals surface area contributed by atoms with E-state index in [1.165, 1.54) is 11.3 Å². The molecule has 0 aliphatic carbocycles. The molecule has 0 radical (unpaired) electrons. The van der Waals surface area contributed by atoms with E-state index in [0.29, 0.717) is 21.9 Å². The molecule has 20 heavy (non-hydrogen) atoms. The third kappa shape index (κ3) is 2.64. The molecule has 1 aromatic carbocycles. The minimum Gasteiger partial charge on any atom is -0.398 e. The van der Waals surface area contributed by atoms with Crippen molar-refractivity contribution in [2.45, 2.75) is 32.6 Å². The van der Waals surface area contributed by atoms with Gasteiger partial charge in [-0.1, -0.05) is 6.07 Å². The average Bonchev–Trinajstić information content (AvgIpc) is 2.62. The summed E-state index contributed by atoms with van der Waals surface area (Å²) in [5.41, 5.74) is 8.31. The van der Waals surface area contributed by atoms with Gasteiger partial charge in [-0.3, -0.25) is 4.72 Å². The van der Waals surface area contributed by atoms with Gasteiger partial charge in [0.2, 0.25) is 0 Å². The monoisotopic (exact) mass is 311 g/mol. The molecule has 0 unspecified atom stereocenters. The summed E-state index contributed by atoms with van der Waals surface area (Å²) in [6, 6.07) is 3.41. The fourth-order valence-corrected chi connectivity index (χ4v) is 4.49. The third-order valence-corrected chi connectivity index (χ3v) is 5.91. The summed E-state index contributed by atoms with van der Waals surface area (Å²) in [6.07, 6.45) is 0. The van der Waals surface area contributed by atoms with Crippen LogP contribution in [0.1, 0.15) is 21.7 Å². The third-order valence-electron chi connectivity index (χ3n) is 3.16. The van der Waals surface area contributed by atoms with Gasteiger partial charge in [-0.25, -0.2) is 13.4 Å². The van der Waals surface area contributed by atoms with Crippen LogP contribution in [-0.2, 0) is 10.0 Å². The molecule has 1 heterocycles. The van der Waals surface area contributed by atoms with Crippen LogP contribution in [0.3, 0.4) is 0 Å². The summed E-state index contributed by atoms with van der Waals surface area (Å²) in [4.78, 5) is 5.41. The van der Waals surface area contributed by atoms with Gasteiger partial charge in [0.25, 0.3) is 10.0 Å². The largest absolute Gasteiger partial charge is 0.398 e. The minimum atomic E-state index is -3.68. The van der Waals surface area contributed by atoms with Crippen molar-refractivity contribution in [2.75, 3.05) is 10.5 Å². The Hall–Kier alpha value is -1.60. The number of sulfonamides is 1. The highest BCUT2D eigenvalue weighted by Crippen LogP contribution is 2.28. The summed E-state index contributed by atoms with van der Waals surface area (Å²) in [6.45, 7) is 7.21. The maximum absolute atomic E-state index is 12.5. The molecule has 2 rings (SSSR count). The van der Waals surface area contributed by atoms with Gasteiger partial charge in [-0.15, -0.1) is 11.3 Å². The lowest BCUT2D eigenvalue weighted by molar-refractivity contribution is 0.600. The van der Waals surface area contributed by atoms with Crippen LogP contribution >= 0.6 is 11.3 Å². The number of nitrogens with one attached hydrogen (secondary N) is 1. The van der Waals surface area contributed by atoms with Crippen molar-refractivity contribution < 1.29 is 8.42 Å². The fraction of sp³-hybridized carbons (Fsp3) is 0.308. The minimum absolute atomic E-state index is 0.225. The number of hydrogen-bond donors (Lipinski definition) is 2. The molecule has 5 nitrogen and oxygen atoms in total. The van der Waals surface area contributed by atoms with Crippen molar-refractivity contribution in [3.8, 4) is 0 Å². The van der Waals surface area contributed by atoms with E-state index in [4.69, 9.17) is 5.73 Å². The van der Waals surface area contributed by atoms with E-state index in [2.05, 4.69) is 9.71 Å². The Morgan fingerprint density at radius 1 is 1.20 bits per heavy atom. The molecule has 7 heteroatoms. The van der Waals surface area contributed by atoms with Crippen molar-refractivity contribution in [3.63, 3.8) is 0 Å². The second-order valence-electron chi connectivity index (χ2n) is 4.69. The SMILES string of the molecule is Cc1ccc(N)c(C)c1S(=O)(=O)Nc1nc(C)c(C)s1. The highest BCUT2D eigenvalue weighted by molar-refractivity contribution is 7.93. The van der Waals surface area contributed by atoms with Crippen LogP contribution in [0.4, 0.5) is 10.8 Å². The fourth-order valence-electron chi connectivity index (χ4n) is 1.94. The molecular formula is C13H17N3O2S2. The van der Waals surface area contributed by atoms with E-state index < -0.39 is 10.0 Å². The van der Waals surface area contributed by atoms with E-state index in [1.54, 1.807) is 26.0 Å². The molecule has 3 N–H and O–H groups in total. The van der Waals surface area contributed by atoms with Crippen LogP contribution in [0.5, 0.6) is 0 Å². The Balaban J connectivity index is 2.48. The summed E-state index contributed by atoms with van der Waals surface area (Å²) in [5, 5.41) is 0.376. The molecule has 0 aliphatic heterocycles. The van der Waals surface area contributed by atoms with Crippen molar-refractivity contribution in [2.24, 2.45) is 0 Å². The van der Waals surface area contributed by atoms with Gasteiger partial charge < -0.3 is 5.73 Å². The molecule has 2 aromatic rings. The van der Waals surface area contributed by atoms with Crippen LogP contribution in [0.2, 0.25) is 0 Å². The number of nitrogen functional groups attached to an aromatic ring is 1. The second kappa shape index (κ2) is 5.06. The Morgan fingerprint density at radius 3 is 2.40 bits per heavy atom. The lowest BCUT2D eigenvalue weighted by Gasteiger charge is -2.12. The first-order valence-electron chi connectivity index (χ1n) is 6.05. The first-order valence-corrected chi connectivity index (χ1v) is 8.35. The van der Waals surface area contributed by atoms with Gasteiger partial charge in [-0.2, -0.15) is 0 Å². The van der Waals surface area contributed by atoms with Gasteiger partial charge in [0, 0.05) is 10.6 Å². The van der Waals surface area contributed by atoms with Crippen molar-refractivity contribution in [1.82, 2.24) is 4.98 Å². The number of hydrogen-bond acceptors (Lipinski definition) is 5. The normalized spacial score (nSPS) is 11.6. The maximum atomic E-state index is 12.5. The van der Waals surface area contributed by atoms with E-state index in [1.807, 2.05) is 13.8 Å². The summed E-state index contributed by atoms with van der Waals surface area (Å²) in [5.74, 6) is 0. The van der Waals surface area contributed by atoms with Crippen molar-refractivity contribution >= 4 is 32.2 Å². The second-order valence-corrected chi connectivity index (χ2v) is 7.51. The number of nitrogens with two attached hydrogens (primary N) is 1. The van der Waals surface area contributed by atoms with Crippen molar-refractivity contribution in [3.05, 3.63) is 33.8 Å². The number of aromatic nitrogens is 1. The Labute approximate surface area is 122 Å². The quantitative estimate of drug-likeness (QED) is 0.854. The predicted molar refractivity (Wildman–Crippen MR) is 82.7 cm³/mol. The molecule has 0 bridgehead atoms. The predicted octanol–water partition coefficient (Wildman–Crippen LogP) is 2.76. The van der Waals surface area contributed by atoms with Crippen LogP contribution in [0.15, 0.2) is 17.0 Å². The van der Waals surface area contributed by atoms with Crippen molar-refractivity contribution in [1.29, 1.82) is 0 Å². The molecule has 0 fully saturated rings. The lowest BCUT2D eigenvalue weighted by Crippen LogP contribution is -2.16. The molecule has 0 aliphatic rings. The number of nitrogens with zero attached hydrogens (tertiary/aromatic N) is 1. The lowest BCUT2D eigenvalue weighted by atomic mass is 10.1. The van der Waals surface area contributed by atoms with Gasteiger partial charge in [0.15, 0.2) is 5.13 Å². The van der Waals surface area contributed by atoms with Gasteiger partial charge >= 0.3 is 0 Å². The van der Waals surface area contributed by atoms with Gasteiger partial charge in [0.05, 0.1) is 10.6 Å². The number of anilines is 2. The Morgan fingerprint density at radius 2 is 1.85 bits per heavy atom. The topological polar surface area (TPSA) is 85.1 Å². The van der Waals surface area contributed by atoms with Crippen LogP contribution in [0.25, 0.3) is 0 Å². The number of benzene rings is 1. The summed E-state index contributed by atoms with van der Waals surface area (Å²) >= 11 is 1.32. The van der Waals surface area contributed by atoms with Crippen LogP contribution < -0.4 is 10.5 Å². The maximum Gasteiger partial charge on any atom is 0.264 e. The molecule has 0 saturated carbocycles. The Kier molecular flexibility index (Phi) is 3.75. The van der Waals surface area contributed by atoms with Crippen LogP contribution in [-0.4, -0.2) is 13.4 Å². The van der Waals surface area contributed by atoms with E-state index in [9.17, 15) is 8.42 Å². The number of thiazole rings is 1. The zero-order chi connectivity index (χ0) is 15.1. The first kappa shape index (κ1) is 14.8. The zero-order valence-corrected chi connectivity index (χ0v) is 13.4. The van der Waals surface area contributed by atoms with Crippen LogP contribution in [0, 0.1) is 27.7 Å². The van der Waals surface area contributed by atoms with E-state index in [-0.39, 0.29) is 4.90 Å². The molecule has 0 saturated heterocycles. The molecular weight excluding hydrogens is 294 g/mol. The average molecular weight is 311 g/mol. The van der Waals surface area contributed by atoms with E-state index >= 15 is 0 Å². The molecule has 1 aromatic heterocycles. The first-order chi connectivity index (χ1) is 9.22. The summed E-state index contributed by atoms with van der Waals surface area (Å²) < 4.78 is 27.6. The van der Waals surface area contributed by atoms with Gasteiger partial charge in [-0.05, 0) is 44.9 Å². The molecule has 0 amide bonds. The molecule has 108 valence electrons. The highest BCUT2D eigenvalue weighted by atomic mass is 32.2. The van der Waals surface area contributed by atoms with E-state index in [0.717, 1.165) is 10.6 Å². The molecule has 0 spiro atoms. The van der Waals surface area contributed by atoms with Gasteiger partial charge in [0.1, 0.15) is 0 Å². The summed E-state index contributed by atoms with van der Waals surface area (Å²) in [7, 11) is -3.68. The number of rotatable bonds is 3.